The average molecular weight is 485 g/mol. The van der Waals surface area contributed by atoms with E-state index in [1.807, 2.05) is 0 Å². The van der Waals surface area contributed by atoms with Crippen molar-refractivity contribution in [1.82, 2.24) is 9.97 Å². The van der Waals surface area contributed by atoms with Gasteiger partial charge in [-0.3, -0.25) is 4.79 Å². The quantitative estimate of drug-likeness (QED) is 0.447. The summed E-state index contributed by atoms with van der Waals surface area (Å²) in [5, 5.41) is 3.71. The van der Waals surface area contributed by atoms with Gasteiger partial charge in [0.15, 0.2) is 5.60 Å². The fraction of sp³-hybridized carbons (Fsp3) is 0.346. The molecule has 4 rings (SSSR count). The molecule has 2 aromatic carbocycles. The number of hydrogen-bond donors (Lipinski definition) is 1. The van der Waals surface area contributed by atoms with Gasteiger partial charge in [0.1, 0.15) is 23.2 Å². The number of ether oxygens (including phenoxy) is 1. The molecule has 0 radical (unpaired) electrons. The van der Waals surface area contributed by atoms with Crippen molar-refractivity contribution in [1.29, 1.82) is 0 Å². The molecule has 0 saturated carbocycles. The second-order valence-corrected chi connectivity index (χ2v) is 9.36. The van der Waals surface area contributed by atoms with Gasteiger partial charge in [-0.25, -0.2) is 14.4 Å². The highest BCUT2D eigenvalue weighted by Gasteiger charge is 2.40. The zero-order chi connectivity index (χ0) is 25.9. The van der Waals surface area contributed by atoms with Gasteiger partial charge < -0.3 is 15.0 Å². The molecule has 1 atom stereocenters. The molecule has 0 unspecified atom stereocenters. The molecule has 0 spiro atoms. The summed E-state index contributed by atoms with van der Waals surface area (Å²) in [7, 11) is 1.66. The first-order valence-corrected chi connectivity index (χ1v) is 11.1. The number of hydrogen-bond acceptors (Lipinski definition) is 5. The van der Waals surface area contributed by atoms with E-state index in [-0.39, 0.29) is 11.5 Å². The number of halogens is 3. The number of alkyl halides is 2. The van der Waals surface area contributed by atoms with Gasteiger partial charge in [0.2, 0.25) is 0 Å². The number of carbonyl (C=O) groups is 1. The third-order valence-electron chi connectivity index (χ3n) is 6.16. The van der Waals surface area contributed by atoms with Gasteiger partial charge in [0.05, 0.1) is 22.8 Å². The van der Waals surface area contributed by atoms with Gasteiger partial charge in [0.25, 0.3) is 11.8 Å². The van der Waals surface area contributed by atoms with Gasteiger partial charge in [-0.15, -0.1) is 0 Å². The monoisotopic (exact) mass is 484 g/mol. The summed E-state index contributed by atoms with van der Waals surface area (Å²) in [6, 6.07) is 6.65. The van der Waals surface area contributed by atoms with Crippen LogP contribution < -0.4 is 15.0 Å². The minimum Gasteiger partial charge on any atom is -0.476 e. The Bertz CT molecular complexity index is 1370. The van der Waals surface area contributed by atoms with E-state index in [0.717, 1.165) is 13.0 Å². The molecule has 184 valence electrons. The number of aryl methyl sites for hydroxylation is 1. The van der Waals surface area contributed by atoms with Crippen molar-refractivity contribution in [2.24, 2.45) is 0 Å². The minimum atomic E-state index is -3.50. The molecule has 0 bridgehead atoms. The lowest BCUT2D eigenvalue weighted by Gasteiger charge is -2.37. The first kappa shape index (κ1) is 24.5. The number of rotatable bonds is 5. The molecule has 6 nitrogen and oxygen atoms in total. The molecule has 1 N–H and O–H groups in total. The van der Waals surface area contributed by atoms with Crippen molar-refractivity contribution in [2.45, 2.75) is 52.2 Å². The van der Waals surface area contributed by atoms with Gasteiger partial charge in [-0.2, -0.15) is 8.78 Å². The molecule has 0 fully saturated rings. The molecule has 1 aliphatic rings. The predicted octanol–water partition coefficient (Wildman–Crippen LogP) is 6.05. The number of allylic oxidation sites excluding steroid dienone is 1. The number of likely N-dealkylation sites (N-methyl/N-ethyl adjacent to an activating group) is 1. The predicted molar refractivity (Wildman–Crippen MR) is 130 cm³/mol. The Hall–Kier alpha value is -3.62. The summed E-state index contributed by atoms with van der Waals surface area (Å²) in [4.78, 5) is 23.1. The van der Waals surface area contributed by atoms with E-state index in [4.69, 9.17) is 4.74 Å². The van der Waals surface area contributed by atoms with Crippen LogP contribution >= 0.6 is 0 Å². The first-order chi connectivity index (χ1) is 16.2. The molecular formula is C26H27F3N4O2. The van der Waals surface area contributed by atoms with E-state index in [1.54, 1.807) is 46.9 Å². The van der Waals surface area contributed by atoms with Crippen LogP contribution in [0.1, 0.15) is 50.7 Å². The molecule has 1 amide bonds. The fourth-order valence-electron chi connectivity index (χ4n) is 4.19. The van der Waals surface area contributed by atoms with Crippen LogP contribution in [0.4, 0.5) is 24.7 Å². The van der Waals surface area contributed by atoms with E-state index in [2.05, 4.69) is 21.9 Å². The second-order valence-electron chi connectivity index (χ2n) is 9.36. The molecular weight excluding hydrogens is 457 g/mol. The van der Waals surface area contributed by atoms with Crippen molar-refractivity contribution < 1.29 is 22.7 Å². The Morgan fingerprint density at radius 3 is 2.60 bits per heavy atom. The summed E-state index contributed by atoms with van der Waals surface area (Å²) >= 11 is 0. The zero-order valence-electron chi connectivity index (χ0n) is 20.5. The van der Waals surface area contributed by atoms with E-state index in [0.29, 0.717) is 34.0 Å². The zero-order valence-corrected chi connectivity index (χ0v) is 20.5. The number of benzene rings is 2. The lowest BCUT2D eigenvalue weighted by Crippen LogP contribution is -2.50. The molecule has 0 aliphatic carbocycles. The molecule has 35 heavy (non-hydrogen) atoms. The maximum absolute atomic E-state index is 15.2. The van der Waals surface area contributed by atoms with Crippen LogP contribution in [-0.2, 0) is 10.7 Å². The van der Waals surface area contributed by atoms with E-state index in [1.165, 1.54) is 17.0 Å². The molecule has 9 heteroatoms. The Balaban J connectivity index is 1.78. The molecule has 0 saturated heterocycles. The van der Waals surface area contributed by atoms with Crippen molar-refractivity contribution in [3.63, 3.8) is 0 Å². The third-order valence-corrected chi connectivity index (χ3v) is 6.16. The van der Waals surface area contributed by atoms with Crippen LogP contribution in [0.25, 0.3) is 10.9 Å². The van der Waals surface area contributed by atoms with Crippen molar-refractivity contribution in [2.75, 3.05) is 17.3 Å². The fourth-order valence-corrected chi connectivity index (χ4v) is 4.19. The first-order valence-electron chi connectivity index (χ1n) is 11.1. The summed E-state index contributed by atoms with van der Waals surface area (Å²) in [6.07, 6.45) is 0. The largest absolute Gasteiger partial charge is 0.476 e. The van der Waals surface area contributed by atoms with Crippen LogP contribution in [0.2, 0.25) is 0 Å². The van der Waals surface area contributed by atoms with Crippen molar-refractivity contribution >= 4 is 28.3 Å². The number of aromatic nitrogens is 2. The SMILES string of the molecule is C=C(C)C(F)(F)c1cccc([C@@H](C)Nc2nc(C)nc3cc4c(cc23)N(C)C(=O)C(C)(C)O4)c1F. The van der Waals surface area contributed by atoms with Crippen LogP contribution in [0.3, 0.4) is 0 Å². The average Bonchev–Trinajstić information content (AvgIpc) is 2.76. The van der Waals surface area contributed by atoms with Crippen LogP contribution in [0, 0.1) is 12.7 Å². The molecule has 2 heterocycles. The third kappa shape index (κ3) is 4.09. The van der Waals surface area contributed by atoms with Gasteiger partial charge in [-0.1, -0.05) is 18.7 Å². The number of nitrogens with zero attached hydrogens (tertiary/aromatic N) is 3. The maximum Gasteiger partial charge on any atom is 0.296 e. The van der Waals surface area contributed by atoms with E-state index in [9.17, 15) is 13.6 Å². The minimum absolute atomic E-state index is 0.0585. The van der Waals surface area contributed by atoms with Crippen LogP contribution in [-0.4, -0.2) is 28.5 Å². The second kappa shape index (κ2) is 8.25. The number of fused-ring (bicyclic) bond motifs is 2. The summed E-state index contributed by atoms with van der Waals surface area (Å²) in [5.41, 5.74) is -1.04. The highest BCUT2D eigenvalue weighted by Crippen LogP contribution is 2.42. The van der Waals surface area contributed by atoms with E-state index >= 15 is 4.39 Å². The summed E-state index contributed by atoms with van der Waals surface area (Å²) in [6.45, 7) is 11.2. The number of amides is 1. The van der Waals surface area contributed by atoms with Crippen molar-refractivity contribution in [3.8, 4) is 5.75 Å². The number of nitrogens with one attached hydrogen (secondary N) is 1. The van der Waals surface area contributed by atoms with Gasteiger partial charge in [0, 0.05) is 24.1 Å². The van der Waals surface area contributed by atoms with Crippen LogP contribution in [0.5, 0.6) is 5.75 Å². The highest BCUT2D eigenvalue weighted by molar-refractivity contribution is 6.05. The standard InChI is InChI=1S/C26H27F3N4O2/c1-13(2)26(28,29)18-10-8-9-16(22(18)27)14(3)30-23-17-11-20-21(12-19(17)31-15(4)32-23)35-25(5,6)24(34)33(20)7/h8-12,14H,1H2,2-7H3,(H,30,31,32)/t14-/m1/s1. The molecule has 3 aromatic rings. The normalized spacial score (nSPS) is 16.0. The smallest absolute Gasteiger partial charge is 0.296 e. The van der Waals surface area contributed by atoms with Gasteiger partial charge in [-0.05, 0) is 52.3 Å². The maximum atomic E-state index is 15.2. The number of anilines is 2. The number of carbonyl (C=O) groups excluding carboxylic acids is 1. The molecule has 1 aromatic heterocycles. The Morgan fingerprint density at radius 2 is 1.94 bits per heavy atom. The van der Waals surface area contributed by atoms with Gasteiger partial charge >= 0.3 is 0 Å². The van der Waals surface area contributed by atoms with Crippen LogP contribution in [0.15, 0.2) is 42.5 Å². The highest BCUT2D eigenvalue weighted by atomic mass is 19.3. The van der Waals surface area contributed by atoms with E-state index < -0.39 is 34.5 Å². The summed E-state index contributed by atoms with van der Waals surface area (Å²) < 4.78 is 50.2. The summed E-state index contributed by atoms with van der Waals surface area (Å²) in [5.74, 6) is -3.38. The Morgan fingerprint density at radius 1 is 1.26 bits per heavy atom. The Kier molecular flexibility index (Phi) is 5.78. The topological polar surface area (TPSA) is 67.4 Å². The van der Waals surface area contributed by atoms with Crippen molar-refractivity contribution in [3.05, 3.63) is 65.3 Å². The lowest BCUT2D eigenvalue weighted by atomic mass is 9.97. The molecule has 1 aliphatic heterocycles. The Labute approximate surface area is 201 Å². The lowest BCUT2D eigenvalue weighted by molar-refractivity contribution is -0.132.